The Bertz CT molecular complexity index is 266. The topological polar surface area (TPSA) is 41.1 Å². The van der Waals surface area contributed by atoms with E-state index in [0.29, 0.717) is 24.3 Å². The number of hydrogen-bond donors (Lipinski definition) is 2. The van der Waals surface area contributed by atoms with Crippen LogP contribution >= 0.6 is 24.2 Å². The standard InChI is InChI=1S/C14H26N2OS.ClH/c1-11(12-3-2-6-15-10-12)9-14(17)16-13-4-7-18-8-5-13;/h11-13,15H,2-10H2,1H3,(H,16,17);1H. The number of piperidine rings is 1. The smallest absolute Gasteiger partial charge is 0.220 e. The van der Waals surface area contributed by atoms with Crippen molar-refractivity contribution >= 4 is 30.1 Å². The molecule has 3 nitrogen and oxygen atoms in total. The van der Waals surface area contributed by atoms with Crippen molar-refractivity contribution < 1.29 is 4.79 Å². The molecule has 2 N–H and O–H groups in total. The van der Waals surface area contributed by atoms with Crippen LogP contribution in [0.4, 0.5) is 0 Å². The van der Waals surface area contributed by atoms with Crippen LogP contribution in [0.25, 0.3) is 0 Å². The number of rotatable bonds is 4. The van der Waals surface area contributed by atoms with Gasteiger partial charge in [0.1, 0.15) is 0 Å². The first-order chi connectivity index (χ1) is 8.75. The Hall–Kier alpha value is 0.0700. The van der Waals surface area contributed by atoms with Gasteiger partial charge in [0.25, 0.3) is 0 Å². The summed E-state index contributed by atoms with van der Waals surface area (Å²) in [5, 5.41) is 6.65. The van der Waals surface area contributed by atoms with Crippen molar-refractivity contribution in [2.24, 2.45) is 11.8 Å². The third-order valence-electron chi connectivity index (χ3n) is 4.23. The summed E-state index contributed by atoms with van der Waals surface area (Å²) in [6.45, 7) is 4.47. The number of amides is 1. The lowest BCUT2D eigenvalue weighted by Crippen LogP contribution is -2.40. The van der Waals surface area contributed by atoms with Crippen LogP contribution in [0.5, 0.6) is 0 Å². The van der Waals surface area contributed by atoms with E-state index in [2.05, 4.69) is 17.6 Å². The van der Waals surface area contributed by atoms with Crippen molar-refractivity contribution in [1.29, 1.82) is 0 Å². The predicted octanol–water partition coefficient (Wildman–Crippen LogP) is 2.45. The number of hydrogen-bond acceptors (Lipinski definition) is 3. The van der Waals surface area contributed by atoms with Crippen molar-refractivity contribution in [2.45, 2.75) is 45.1 Å². The first-order valence-corrected chi connectivity index (χ1v) is 8.49. The molecule has 0 aromatic carbocycles. The minimum absolute atomic E-state index is 0. The molecule has 2 unspecified atom stereocenters. The summed E-state index contributed by atoms with van der Waals surface area (Å²) in [5.41, 5.74) is 0. The zero-order valence-corrected chi connectivity index (χ0v) is 13.5. The number of carbonyl (C=O) groups excluding carboxylic acids is 1. The van der Waals surface area contributed by atoms with Gasteiger partial charge in [0.2, 0.25) is 5.91 Å². The Morgan fingerprint density at radius 2 is 2.11 bits per heavy atom. The van der Waals surface area contributed by atoms with E-state index in [9.17, 15) is 4.79 Å². The molecule has 112 valence electrons. The third kappa shape index (κ3) is 5.92. The zero-order valence-electron chi connectivity index (χ0n) is 11.8. The molecule has 1 amide bonds. The fourth-order valence-corrected chi connectivity index (χ4v) is 4.06. The molecule has 19 heavy (non-hydrogen) atoms. The Morgan fingerprint density at radius 1 is 1.37 bits per heavy atom. The average molecular weight is 307 g/mol. The van der Waals surface area contributed by atoms with Crippen LogP contribution in [0.3, 0.4) is 0 Å². The Kier molecular flexibility index (Phi) is 8.19. The molecule has 0 radical (unpaired) electrons. The summed E-state index contributed by atoms with van der Waals surface area (Å²) in [6, 6.07) is 0.440. The zero-order chi connectivity index (χ0) is 12.8. The molecule has 0 aliphatic carbocycles. The fraction of sp³-hybridized carbons (Fsp3) is 0.929. The van der Waals surface area contributed by atoms with Crippen LogP contribution in [-0.2, 0) is 4.79 Å². The van der Waals surface area contributed by atoms with Gasteiger partial charge < -0.3 is 10.6 Å². The molecule has 2 atom stereocenters. The number of thioether (sulfide) groups is 1. The van der Waals surface area contributed by atoms with E-state index in [0.717, 1.165) is 25.9 Å². The maximum absolute atomic E-state index is 12.0. The fourth-order valence-electron chi connectivity index (χ4n) is 2.95. The number of nitrogens with one attached hydrogen (secondary N) is 2. The Labute approximate surface area is 127 Å². The van der Waals surface area contributed by atoms with Crippen molar-refractivity contribution in [1.82, 2.24) is 10.6 Å². The van der Waals surface area contributed by atoms with Crippen LogP contribution < -0.4 is 10.6 Å². The van der Waals surface area contributed by atoms with Gasteiger partial charge >= 0.3 is 0 Å². The molecule has 0 aromatic rings. The summed E-state index contributed by atoms with van der Waals surface area (Å²) in [5.74, 6) is 3.87. The van der Waals surface area contributed by atoms with Gasteiger partial charge in [-0.15, -0.1) is 12.4 Å². The number of halogens is 1. The van der Waals surface area contributed by atoms with E-state index in [4.69, 9.17) is 0 Å². The quantitative estimate of drug-likeness (QED) is 0.838. The van der Waals surface area contributed by atoms with E-state index >= 15 is 0 Å². The van der Waals surface area contributed by atoms with Gasteiger partial charge in [0, 0.05) is 12.5 Å². The maximum Gasteiger partial charge on any atom is 0.220 e. The van der Waals surface area contributed by atoms with Crippen LogP contribution in [0.15, 0.2) is 0 Å². The molecular formula is C14H27ClN2OS. The van der Waals surface area contributed by atoms with Crippen molar-refractivity contribution in [3.63, 3.8) is 0 Å². The molecule has 2 fully saturated rings. The van der Waals surface area contributed by atoms with Crippen LogP contribution in [0, 0.1) is 11.8 Å². The normalized spacial score (nSPS) is 26.3. The highest BCUT2D eigenvalue weighted by Gasteiger charge is 2.23. The van der Waals surface area contributed by atoms with Gasteiger partial charge in [-0.25, -0.2) is 0 Å². The Morgan fingerprint density at radius 3 is 2.74 bits per heavy atom. The van der Waals surface area contributed by atoms with Crippen LogP contribution in [-0.4, -0.2) is 36.5 Å². The largest absolute Gasteiger partial charge is 0.353 e. The van der Waals surface area contributed by atoms with Crippen LogP contribution in [0.1, 0.15) is 39.0 Å². The minimum atomic E-state index is 0. The van der Waals surface area contributed by atoms with Gasteiger partial charge in [0.05, 0.1) is 0 Å². The summed E-state index contributed by atoms with van der Waals surface area (Å²) < 4.78 is 0. The summed E-state index contributed by atoms with van der Waals surface area (Å²) in [6.07, 6.45) is 5.54. The van der Waals surface area contributed by atoms with E-state index in [1.807, 2.05) is 11.8 Å². The van der Waals surface area contributed by atoms with Gasteiger partial charge in [0.15, 0.2) is 0 Å². The highest BCUT2D eigenvalue weighted by Crippen LogP contribution is 2.23. The van der Waals surface area contributed by atoms with Gasteiger partial charge in [-0.05, 0) is 62.1 Å². The van der Waals surface area contributed by atoms with Gasteiger partial charge in [-0.3, -0.25) is 4.79 Å². The first kappa shape index (κ1) is 17.1. The van der Waals surface area contributed by atoms with Crippen molar-refractivity contribution in [3.8, 4) is 0 Å². The monoisotopic (exact) mass is 306 g/mol. The second-order valence-corrected chi connectivity index (χ2v) is 6.97. The lowest BCUT2D eigenvalue weighted by atomic mass is 9.85. The summed E-state index contributed by atoms with van der Waals surface area (Å²) in [4.78, 5) is 12.0. The summed E-state index contributed by atoms with van der Waals surface area (Å²) >= 11 is 2.00. The van der Waals surface area contributed by atoms with Crippen LogP contribution in [0.2, 0.25) is 0 Å². The highest BCUT2D eigenvalue weighted by atomic mass is 35.5. The van der Waals surface area contributed by atoms with E-state index in [1.165, 1.54) is 24.3 Å². The summed E-state index contributed by atoms with van der Waals surface area (Å²) in [7, 11) is 0. The maximum atomic E-state index is 12.0. The molecule has 2 aliphatic rings. The second-order valence-electron chi connectivity index (χ2n) is 5.74. The third-order valence-corrected chi connectivity index (χ3v) is 5.28. The molecule has 0 aromatic heterocycles. The van der Waals surface area contributed by atoms with Crippen molar-refractivity contribution in [3.05, 3.63) is 0 Å². The lowest BCUT2D eigenvalue weighted by molar-refractivity contribution is -0.123. The molecular weight excluding hydrogens is 280 g/mol. The molecule has 0 saturated carbocycles. The SMILES string of the molecule is CC(CC(=O)NC1CCSCC1)C1CCCNC1.Cl. The Balaban J connectivity index is 0.00000180. The van der Waals surface area contributed by atoms with Gasteiger partial charge in [-0.2, -0.15) is 11.8 Å². The van der Waals surface area contributed by atoms with Crippen molar-refractivity contribution in [2.75, 3.05) is 24.6 Å². The van der Waals surface area contributed by atoms with E-state index in [1.54, 1.807) is 0 Å². The first-order valence-electron chi connectivity index (χ1n) is 7.33. The molecule has 2 rings (SSSR count). The highest BCUT2D eigenvalue weighted by molar-refractivity contribution is 7.99. The van der Waals surface area contributed by atoms with E-state index < -0.39 is 0 Å². The second kappa shape index (κ2) is 9.09. The lowest BCUT2D eigenvalue weighted by Gasteiger charge is -2.29. The van der Waals surface area contributed by atoms with Gasteiger partial charge in [-0.1, -0.05) is 6.92 Å². The molecule has 2 heterocycles. The molecule has 2 saturated heterocycles. The molecule has 0 spiro atoms. The molecule has 2 aliphatic heterocycles. The van der Waals surface area contributed by atoms with E-state index in [-0.39, 0.29) is 18.3 Å². The predicted molar refractivity (Wildman–Crippen MR) is 85.1 cm³/mol. The number of carbonyl (C=O) groups is 1. The minimum Gasteiger partial charge on any atom is -0.353 e. The molecule has 0 bridgehead atoms. The average Bonchev–Trinajstić information content (AvgIpc) is 2.40. The molecule has 5 heteroatoms.